The summed E-state index contributed by atoms with van der Waals surface area (Å²) >= 11 is 0. The molecule has 2 aromatic rings. The van der Waals surface area contributed by atoms with Gasteiger partial charge < -0.3 is 0 Å². The fourth-order valence-corrected chi connectivity index (χ4v) is 3.23. The van der Waals surface area contributed by atoms with Crippen molar-refractivity contribution < 1.29 is 0 Å². The fourth-order valence-electron chi connectivity index (χ4n) is 3.23. The maximum absolute atomic E-state index is 2.60. The molecule has 1 unspecified atom stereocenters. The summed E-state index contributed by atoms with van der Waals surface area (Å²) in [5, 5.41) is 0. The molecular weight excluding hydrogens is 230 g/mol. The van der Waals surface area contributed by atoms with E-state index >= 15 is 0 Å². The van der Waals surface area contributed by atoms with Gasteiger partial charge in [-0.15, -0.1) is 0 Å². The zero-order chi connectivity index (χ0) is 13.1. The molecule has 19 heavy (non-hydrogen) atoms. The molecular formula is C18H21N. The van der Waals surface area contributed by atoms with E-state index in [1.807, 2.05) is 0 Å². The smallest absolute Gasteiger partial charge is 0.0354 e. The van der Waals surface area contributed by atoms with Gasteiger partial charge in [-0.25, -0.2) is 0 Å². The molecule has 1 heteroatoms. The number of benzene rings is 2. The largest absolute Gasteiger partial charge is 0.297 e. The number of rotatable bonds is 3. The minimum Gasteiger partial charge on any atom is -0.297 e. The summed E-state index contributed by atoms with van der Waals surface area (Å²) in [5.74, 6) is 0. The Morgan fingerprint density at radius 1 is 1.00 bits per heavy atom. The highest BCUT2D eigenvalue weighted by Gasteiger charge is 2.26. The third-order valence-electron chi connectivity index (χ3n) is 4.17. The van der Waals surface area contributed by atoms with Crippen LogP contribution in [0.3, 0.4) is 0 Å². The maximum atomic E-state index is 2.60. The van der Waals surface area contributed by atoms with Crippen LogP contribution in [-0.2, 0) is 0 Å². The molecule has 1 aliphatic rings. The molecule has 1 nitrogen and oxygen atoms in total. The van der Waals surface area contributed by atoms with Gasteiger partial charge in [-0.1, -0.05) is 61.5 Å². The predicted molar refractivity (Wildman–Crippen MR) is 81.1 cm³/mol. The highest BCUT2D eigenvalue weighted by atomic mass is 15.2. The van der Waals surface area contributed by atoms with Gasteiger partial charge in [0.1, 0.15) is 0 Å². The molecule has 1 atom stereocenters. The lowest BCUT2D eigenvalue weighted by Crippen LogP contribution is -2.23. The molecule has 1 fully saturated rings. The molecule has 0 N–H and O–H groups in total. The maximum Gasteiger partial charge on any atom is 0.0354 e. The summed E-state index contributed by atoms with van der Waals surface area (Å²) in [4.78, 5) is 2.60. The first-order valence-corrected chi connectivity index (χ1v) is 7.28. The zero-order valence-corrected chi connectivity index (χ0v) is 11.5. The van der Waals surface area contributed by atoms with Crippen molar-refractivity contribution >= 4 is 0 Å². The van der Waals surface area contributed by atoms with Crippen molar-refractivity contribution in [2.75, 3.05) is 13.1 Å². The molecule has 0 spiro atoms. The summed E-state index contributed by atoms with van der Waals surface area (Å²) in [6, 6.07) is 20.2. The average Bonchev–Trinajstić information content (AvgIpc) is 2.96. The second kappa shape index (κ2) is 5.58. The van der Waals surface area contributed by atoms with Gasteiger partial charge in [0.05, 0.1) is 0 Å². The standard InChI is InChI=1S/C18H21N/c1-2-19-14-8-13-18(19)17-12-7-6-11-16(17)15-9-4-3-5-10-15/h3-7,9-12,18H,2,8,13-14H2,1H3. The quantitative estimate of drug-likeness (QED) is 0.775. The van der Waals surface area contributed by atoms with Gasteiger partial charge in [0.2, 0.25) is 0 Å². The van der Waals surface area contributed by atoms with Gasteiger partial charge in [0.25, 0.3) is 0 Å². The number of hydrogen-bond donors (Lipinski definition) is 0. The lowest BCUT2D eigenvalue weighted by molar-refractivity contribution is 0.272. The molecule has 1 heterocycles. The normalized spacial score (nSPS) is 19.7. The van der Waals surface area contributed by atoms with Crippen LogP contribution in [0.15, 0.2) is 54.6 Å². The van der Waals surface area contributed by atoms with Crippen molar-refractivity contribution in [3.05, 3.63) is 60.2 Å². The lowest BCUT2D eigenvalue weighted by atomic mass is 9.93. The van der Waals surface area contributed by atoms with E-state index in [-0.39, 0.29) is 0 Å². The fraction of sp³-hybridized carbons (Fsp3) is 0.333. The number of likely N-dealkylation sites (tertiary alicyclic amines) is 1. The monoisotopic (exact) mass is 251 g/mol. The van der Waals surface area contributed by atoms with E-state index in [1.54, 1.807) is 0 Å². The molecule has 2 aromatic carbocycles. The van der Waals surface area contributed by atoms with Crippen LogP contribution in [0.4, 0.5) is 0 Å². The minimum atomic E-state index is 0.599. The van der Waals surface area contributed by atoms with Crippen molar-refractivity contribution in [2.24, 2.45) is 0 Å². The van der Waals surface area contributed by atoms with E-state index in [1.165, 1.54) is 36.1 Å². The van der Waals surface area contributed by atoms with Crippen LogP contribution in [0.5, 0.6) is 0 Å². The van der Waals surface area contributed by atoms with Crippen LogP contribution in [-0.4, -0.2) is 18.0 Å². The second-order valence-corrected chi connectivity index (χ2v) is 5.24. The van der Waals surface area contributed by atoms with Gasteiger partial charge in [-0.3, -0.25) is 4.90 Å². The topological polar surface area (TPSA) is 3.24 Å². The lowest BCUT2D eigenvalue weighted by Gasteiger charge is -2.25. The summed E-state index contributed by atoms with van der Waals surface area (Å²) in [6.07, 6.45) is 2.61. The Hall–Kier alpha value is -1.60. The molecule has 0 bridgehead atoms. The summed E-state index contributed by atoms with van der Waals surface area (Å²) < 4.78 is 0. The number of nitrogens with zero attached hydrogens (tertiary/aromatic N) is 1. The highest BCUT2D eigenvalue weighted by molar-refractivity contribution is 5.67. The Balaban J connectivity index is 2.03. The third kappa shape index (κ3) is 2.43. The molecule has 0 amide bonds. The SMILES string of the molecule is CCN1CCCC1c1ccccc1-c1ccccc1. The van der Waals surface area contributed by atoms with Gasteiger partial charge in [-0.2, -0.15) is 0 Å². The number of hydrogen-bond acceptors (Lipinski definition) is 1. The van der Waals surface area contributed by atoms with Gasteiger partial charge in [0.15, 0.2) is 0 Å². The first kappa shape index (κ1) is 12.4. The van der Waals surface area contributed by atoms with E-state index < -0.39 is 0 Å². The molecule has 0 saturated carbocycles. The third-order valence-corrected chi connectivity index (χ3v) is 4.17. The Kier molecular flexibility index (Phi) is 3.65. The summed E-state index contributed by atoms with van der Waals surface area (Å²) in [7, 11) is 0. The van der Waals surface area contributed by atoms with Crippen LogP contribution >= 0.6 is 0 Å². The molecule has 3 rings (SSSR count). The summed E-state index contributed by atoms with van der Waals surface area (Å²) in [5.41, 5.74) is 4.22. The summed E-state index contributed by atoms with van der Waals surface area (Å²) in [6.45, 7) is 4.65. The average molecular weight is 251 g/mol. The zero-order valence-electron chi connectivity index (χ0n) is 11.5. The van der Waals surface area contributed by atoms with Crippen molar-refractivity contribution in [3.8, 4) is 11.1 Å². The van der Waals surface area contributed by atoms with Gasteiger partial charge in [-0.05, 0) is 42.6 Å². The van der Waals surface area contributed by atoms with E-state index in [4.69, 9.17) is 0 Å². The Labute approximate surface area is 115 Å². The molecule has 0 radical (unpaired) electrons. The Bertz CT molecular complexity index is 532. The van der Waals surface area contributed by atoms with E-state index in [2.05, 4.69) is 66.4 Å². The Morgan fingerprint density at radius 2 is 1.74 bits per heavy atom. The van der Waals surface area contributed by atoms with E-state index in [0.29, 0.717) is 6.04 Å². The minimum absolute atomic E-state index is 0.599. The first-order chi connectivity index (χ1) is 9.40. The van der Waals surface area contributed by atoms with E-state index in [9.17, 15) is 0 Å². The molecule has 98 valence electrons. The van der Waals surface area contributed by atoms with Crippen LogP contribution in [0, 0.1) is 0 Å². The van der Waals surface area contributed by atoms with Crippen molar-refractivity contribution in [1.82, 2.24) is 4.90 Å². The molecule has 1 aliphatic heterocycles. The second-order valence-electron chi connectivity index (χ2n) is 5.24. The predicted octanol–water partition coefficient (Wildman–Crippen LogP) is 4.51. The van der Waals surface area contributed by atoms with Crippen molar-refractivity contribution in [2.45, 2.75) is 25.8 Å². The van der Waals surface area contributed by atoms with Crippen molar-refractivity contribution in [1.29, 1.82) is 0 Å². The van der Waals surface area contributed by atoms with E-state index in [0.717, 1.165) is 6.54 Å². The van der Waals surface area contributed by atoms with Crippen LogP contribution in [0.25, 0.3) is 11.1 Å². The molecule has 0 aromatic heterocycles. The van der Waals surface area contributed by atoms with Gasteiger partial charge >= 0.3 is 0 Å². The highest BCUT2D eigenvalue weighted by Crippen LogP contribution is 2.37. The molecule has 1 saturated heterocycles. The Morgan fingerprint density at radius 3 is 2.53 bits per heavy atom. The first-order valence-electron chi connectivity index (χ1n) is 7.28. The molecule has 0 aliphatic carbocycles. The van der Waals surface area contributed by atoms with Gasteiger partial charge in [0, 0.05) is 6.04 Å². The van der Waals surface area contributed by atoms with Crippen LogP contribution in [0.1, 0.15) is 31.4 Å². The van der Waals surface area contributed by atoms with Crippen LogP contribution < -0.4 is 0 Å². The van der Waals surface area contributed by atoms with Crippen molar-refractivity contribution in [3.63, 3.8) is 0 Å². The van der Waals surface area contributed by atoms with Crippen LogP contribution in [0.2, 0.25) is 0 Å².